The van der Waals surface area contributed by atoms with Gasteiger partial charge >= 0.3 is 12.1 Å². The lowest BCUT2D eigenvalue weighted by Crippen LogP contribution is -2.43. The van der Waals surface area contributed by atoms with Crippen LogP contribution < -0.4 is 4.90 Å². The highest BCUT2D eigenvalue weighted by Crippen LogP contribution is 2.33. The number of carbonyl (C=O) groups excluding carboxylic acids is 2. The Balaban J connectivity index is 2.30. The van der Waals surface area contributed by atoms with E-state index in [2.05, 4.69) is 6.58 Å². The van der Waals surface area contributed by atoms with Gasteiger partial charge in [-0.3, -0.25) is 4.90 Å². The number of para-hydroxylation sites is 1. The Hall–Kier alpha value is -2.30. The monoisotopic (exact) mass is 261 g/mol. The second-order valence-corrected chi connectivity index (χ2v) is 4.11. The second kappa shape index (κ2) is 5.56. The van der Waals surface area contributed by atoms with Crippen LogP contribution in [0.15, 0.2) is 36.9 Å². The summed E-state index contributed by atoms with van der Waals surface area (Å²) in [5.74, 6) is -0.452. The summed E-state index contributed by atoms with van der Waals surface area (Å²) in [5, 5.41) is 0. The van der Waals surface area contributed by atoms with Gasteiger partial charge in [-0.15, -0.1) is 0 Å². The molecule has 1 aliphatic heterocycles. The van der Waals surface area contributed by atoms with Gasteiger partial charge in [0.2, 0.25) is 0 Å². The summed E-state index contributed by atoms with van der Waals surface area (Å²) in [4.78, 5) is 25.2. The fourth-order valence-electron chi connectivity index (χ4n) is 2.14. The number of hydrogen-bond acceptors (Lipinski definition) is 4. The minimum Gasteiger partial charge on any atom is -0.467 e. The average Bonchev–Trinajstić information content (AvgIpc) is 2.83. The van der Waals surface area contributed by atoms with Crippen LogP contribution in [-0.4, -0.2) is 31.8 Å². The van der Waals surface area contributed by atoms with Gasteiger partial charge in [-0.2, -0.15) is 0 Å². The molecule has 100 valence electrons. The van der Waals surface area contributed by atoms with E-state index >= 15 is 0 Å². The SMILES string of the molecule is C=CCOC(=O)N1c2ccccc2C[C@H]1C(=O)OC. The molecule has 0 saturated carbocycles. The van der Waals surface area contributed by atoms with Crippen molar-refractivity contribution >= 4 is 17.7 Å². The topological polar surface area (TPSA) is 55.8 Å². The van der Waals surface area contributed by atoms with Gasteiger partial charge in [0.15, 0.2) is 0 Å². The lowest BCUT2D eigenvalue weighted by Gasteiger charge is -2.22. The molecule has 1 aromatic carbocycles. The number of benzene rings is 1. The summed E-state index contributed by atoms with van der Waals surface area (Å²) < 4.78 is 9.76. The van der Waals surface area contributed by atoms with Crippen molar-refractivity contribution < 1.29 is 19.1 Å². The Bertz CT molecular complexity index is 512. The maximum absolute atomic E-state index is 12.0. The molecule has 1 aliphatic rings. The van der Waals surface area contributed by atoms with Crippen LogP contribution in [0.1, 0.15) is 5.56 Å². The number of amides is 1. The number of carbonyl (C=O) groups is 2. The van der Waals surface area contributed by atoms with E-state index in [1.807, 2.05) is 18.2 Å². The number of esters is 1. The van der Waals surface area contributed by atoms with Crippen LogP contribution in [0.25, 0.3) is 0 Å². The average molecular weight is 261 g/mol. The lowest BCUT2D eigenvalue weighted by atomic mass is 10.1. The van der Waals surface area contributed by atoms with Crippen LogP contribution >= 0.6 is 0 Å². The van der Waals surface area contributed by atoms with E-state index in [0.29, 0.717) is 12.1 Å². The number of ether oxygens (including phenoxy) is 2. The molecule has 1 aromatic rings. The fourth-order valence-corrected chi connectivity index (χ4v) is 2.14. The van der Waals surface area contributed by atoms with Crippen molar-refractivity contribution in [3.63, 3.8) is 0 Å². The predicted octanol–water partition coefficient (Wildman–Crippen LogP) is 1.91. The molecule has 19 heavy (non-hydrogen) atoms. The number of fused-ring (bicyclic) bond motifs is 1. The third-order valence-corrected chi connectivity index (χ3v) is 2.97. The summed E-state index contributed by atoms with van der Waals surface area (Å²) in [6.45, 7) is 3.59. The maximum atomic E-state index is 12.0. The van der Waals surface area contributed by atoms with Gasteiger partial charge < -0.3 is 9.47 Å². The quantitative estimate of drug-likeness (QED) is 0.616. The number of anilines is 1. The molecule has 0 radical (unpaired) electrons. The Morgan fingerprint density at radius 3 is 2.89 bits per heavy atom. The van der Waals surface area contributed by atoms with Crippen molar-refractivity contribution in [1.82, 2.24) is 0 Å². The van der Waals surface area contributed by atoms with Gasteiger partial charge in [0.25, 0.3) is 0 Å². The van der Waals surface area contributed by atoms with Crippen LogP contribution in [-0.2, 0) is 20.7 Å². The summed E-state index contributed by atoms with van der Waals surface area (Å²) in [6, 6.07) is 6.68. The lowest BCUT2D eigenvalue weighted by molar-refractivity contribution is -0.141. The van der Waals surface area contributed by atoms with Gasteiger partial charge in [0, 0.05) is 6.42 Å². The Morgan fingerprint density at radius 2 is 2.21 bits per heavy atom. The molecule has 0 aromatic heterocycles. The molecule has 0 aliphatic carbocycles. The molecule has 1 heterocycles. The van der Waals surface area contributed by atoms with Gasteiger partial charge in [-0.05, 0) is 11.6 Å². The van der Waals surface area contributed by atoms with Crippen molar-refractivity contribution in [2.75, 3.05) is 18.6 Å². The van der Waals surface area contributed by atoms with Crippen molar-refractivity contribution in [3.05, 3.63) is 42.5 Å². The molecule has 1 amide bonds. The highest BCUT2D eigenvalue weighted by atomic mass is 16.6. The van der Waals surface area contributed by atoms with Gasteiger partial charge in [0.05, 0.1) is 12.8 Å². The molecule has 1 atom stereocenters. The molecular weight excluding hydrogens is 246 g/mol. The summed E-state index contributed by atoms with van der Waals surface area (Å²) in [7, 11) is 1.30. The predicted molar refractivity (Wildman–Crippen MR) is 70.0 cm³/mol. The van der Waals surface area contributed by atoms with E-state index in [0.717, 1.165) is 5.56 Å². The van der Waals surface area contributed by atoms with E-state index in [4.69, 9.17) is 9.47 Å². The first kappa shape index (κ1) is 13.1. The molecule has 0 saturated heterocycles. The van der Waals surface area contributed by atoms with Crippen molar-refractivity contribution in [1.29, 1.82) is 0 Å². The summed E-state index contributed by atoms with van der Waals surface area (Å²) >= 11 is 0. The first-order chi connectivity index (χ1) is 9.19. The molecule has 2 rings (SSSR count). The Kier molecular flexibility index (Phi) is 3.85. The molecular formula is C14H15NO4. The Labute approximate surface area is 111 Å². The third-order valence-electron chi connectivity index (χ3n) is 2.97. The van der Waals surface area contributed by atoms with Crippen LogP contribution in [0, 0.1) is 0 Å². The standard InChI is InChI=1S/C14H15NO4/c1-3-8-19-14(17)15-11-7-5-4-6-10(11)9-12(15)13(16)18-2/h3-7,12H,1,8-9H2,2H3/t12-/m0/s1. The van der Waals surface area contributed by atoms with E-state index in [1.165, 1.54) is 18.1 Å². The number of nitrogens with zero attached hydrogens (tertiary/aromatic N) is 1. The van der Waals surface area contributed by atoms with E-state index in [1.54, 1.807) is 6.07 Å². The molecule has 5 heteroatoms. The molecule has 0 fully saturated rings. The van der Waals surface area contributed by atoms with Crippen molar-refractivity contribution in [2.45, 2.75) is 12.5 Å². The molecule has 0 bridgehead atoms. The first-order valence-corrected chi connectivity index (χ1v) is 5.91. The maximum Gasteiger partial charge on any atom is 0.415 e. The Morgan fingerprint density at radius 1 is 1.47 bits per heavy atom. The number of hydrogen-bond donors (Lipinski definition) is 0. The largest absolute Gasteiger partial charge is 0.467 e. The first-order valence-electron chi connectivity index (χ1n) is 5.91. The molecule has 5 nitrogen and oxygen atoms in total. The summed E-state index contributed by atoms with van der Waals surface area (Å²) in [5.41, 5.74) is 1.61. The second-order valence-electron chi connectivity index (χ2n) is 4.11. The number of methoxy groups -OCH3 is 1. The fraction of sp³-hybridized carbons (Fsp3) is 0.286. The van der Waals surface area contributed by atoms with Crippen LogP contribution in [0.3, 0.4) is 0 Å². The normalized spacial score (nSPS) is 16.7. The van der Waals surface area contributed by atoms with Gasteiger partial charge in [0.1, 0.15) is 12.6 Å². The zero-order valence-electron chi connectivity index (χ0n) is 10.7. The van der Waals surface area contributed by atoms with Gasteiger partial charge in [-0.25, -0.2) is 9.59 Å². The van der Waals surface area contributed by atoms with E-state index in [9.17, 15) is 9.59 Å². The highest BCUT2D eigenvalue weighted by Gasteiger charge is 2.39. The smallest absolute Gasteiger partial charge is 0.415 e. The molecule has 0 spiro atoms. The summed E-state index contributed by atoms with van der Waals surface area (Å²) in [6.07, 6.45) is 1.35. The van der Waals surface area contributed by atoms with Crippen molar-refractivity contribution in [2.24, 2.45) is 0 Å². The zero-order valence-corrected chi connectivity index (χ0v) is 10.7. The number of rotatable bonds is 3. The van der Waals surface area contributed by atoms with Crippen LogP contribution in [0.5, 0.6) is 0 Å². The third kappa shape index (κ3) is 2.45. The van der Waals surface area contributed by atoms with Crippen molar-refractivity contribution in [3.8, 4) is 0 Å². The van der Waals surface area contributed by atoms with Crippen LogP contribution in [0.4, 0.5) is 10.5 Å². The minimum atomic E-state index is -0.667. The molecule has 0 unspecified atom stereocenters. The van der Waals surface area contributed by atoms with Gasteiger partial charge in [-0.1, -0.05) is 30.9 Å². The van der Waals surface area contributed by atoms with E-state index in [-0.39, 0.29) is 6.61 Å². The van der Waals surface area contributed by atoms with Crippen LogP contribution in [0.2, 0.25) is 0 Å². The molecule has 0 N–H and O–H groups in total. The highest BCUT2D eigenvalue weighted by molar-refractivity contribution is 5.98. The zero-order chi connectivity index (χ0) is 13.8. The van der Waals surface area contributed by atoms with E-state index < -0.39 is 18.1 Å². The minimum absolute atomic E-state index is 0.103.